The summed E-state index contributed by atoms with van der Waals surface area (Å²) in [6, 6.07) is 13.1. The van der Waals surface area contributed by atoms with Crippen LogP contribution >= 0.6 is 0 Å². The molecular formula is C26H26N4O6. The predicted molar refractivity (Wildman–Crippen MR) is 132 cm³/mol. The minimum Gasteiger partial charge on any atom is -0.494 e. The third kappa shape index (κ3) is 4.89. The van der Waals surface area contributed by atoms with Crippen molar-refractivity contribution in [3.8, 4) is 5.75 Å². The fourth-order valence-electron chi connectivity index (χ4n) is 3.77. The number of aromatic nitrogens is 3. The van der Waals surface area contributed by atoms with Crippen molar-refractivity contribution in [1.29, 1.82) is 0 Å². The quantitative estimate of drug-likeness (QED) is 0.276. The average Bonchev–Trinajstić information content (AvgIpc) is 2.89. The van der Waals surface area contributed by atoms with E-state index in [1.807, 2.05) is 6.92 Å². The van der Waals surface area contributed by atoms with E-state index in [4.69, 9.17) is 14.2 Å². The molecule has 0 saturated carbocycles. The molecule has 4 rings (SSSR count). The summed E-state index contributed by atoms with van der Waals surface area (Å²) in [4.78, 5) is 48.4. The Morgan fingerprint density at radius 3 is 2.53 bits per heavy atom. The first kappa shape index (κ1) is 24.8. The van der Waals surface area contributed by atoms with Gasteiger partial charge in [0.15, 0.2) is 5.49 Å². The van der Waals surface area contributed by atoms with Gasteiger partial charge >= 0.3 is 5.97 Å². The third-order valence-electron chi connectivity index (χ3n) is 5.42. The summed E-state index contributed by atoms with van der Waals surface area (Å²) in [5, 5.41) is 0.185. The maximum absolute atomic E-state index is 13.3. The van der Waals surface area contributed by atoms with Gasteiger partial charge in [-0.15, -0.1) is 0 Å². The largest absolute Gasteiger partial charge is 0.494 e. The Kier molecular flexibility index (Phi) is 7.55. The number of hydrogen-bond donors (Lipinski definition) is 0. The zero-order valence-corrected chi connectivity index (χ0v) is 20.3. The minimum absolute atomic E-state index is 0.0190. The van der Waals surface area contributed by atoms with Gasteiger partial charge in [0.05, 0.1) is 25.2 Å². The molecule has 10 heteroatoms. The molecule has 3 aromatic heterocycles. The number of ether oxygens (including phenoxy) is 3. The monoisotopic (exact) mass is 490 g/mol. The van der Waals surface area contributed by atoms with Gasteiger partial charge in [-0.25, -0.2) is 9.78 Å². The van der Waals surface area contributed by atoms with Crippen molar-refractivity contribution in [3.63, 3.8) is 0 Å². The van der Waals surface area contributed by atoms with Crippen molar-refractivity contribution < 1.29 is 23.8 Å². The Bertz CT molecular complexity index is 1550. The lowest BCUT2D eigenvalue weighted by atomic mass is 10.2. The number of nitrogens with zero attached hydrogens (tertiary/aromatic N) is 4. The Morgan fingerprint density at radius 1 is 1.06 bits per heavy atom. The average molecular weight is 491 g/mol. The number of methoxy groups -OCH3 is 1. The van der Waals surface area contributed by atoms with E-state index in [2.05, 4.69) is 9.98 Å². The molecule has 0 aliphatic carbocycles. The van der Waals surface area contributed by atoms with Gasteiger partial charge in [-0.2, -0.15) is 4.99 Å². The summed E-state index contributed by atoms with van der Waals surface area (Å²) in [5.41, 5.74) is 0.636. The molecule has 1 aromatic carbocycles. The second-order valence-corrected chi connectivity index (χ2v) is 7.70. The van der Waals surface area contributed by atoms with Gasteiger partial charge in [0.1, 0.15) is 22.6 Å². The SMILES string of the molecule is CCOC(=O)c1cc2c(=O)n3ccccc3nc2n(CCOC)c1=NC(=O)c1ccc(OCC)cc1. The molecule has 1 amide bonds. The molecule has 0 aliphatic heterocycles. The lowest BCUT2D eigenvalue weighted by Gasteiger charge is -2.15. The van der Waals surface area contributed by atoms with Crippen LogP contribution in [0.3, 0.4) is 0 Å². The number of amides is 1. The summed E-state index contributed by atoms with van der Waals surface area (Å²) >= 11 is 0. The smallest absolute Gasteiger partial charge is 0.341 e. The van der Waals surface area contributed by atoms with Crippen molar-refractivity contribution in [2.75, 3.05) is 26.9 Å². The summed E-state index contributed by atoms with van der Waals surface area (Å²) in [6.07, 6.45) is 1.60. The van der Waals surface area contributed by atoms with Gasteiger partial charge in [0.2, 0.25) is 0 Å². The molecule has 10 nitrogen and oxygen atoms in total. The van der Waals surface area contributed by atoms with E-state index in [1.165, 1.54) is 17.6 Å². The number of pyridine rings is 2. The summed E-state index contributed by atoms with van der Waals surface area (Å²) in [7, 11) is 1.53. The van der Waals surface area contributed by atoms with Gasteiger partial charge in [-0.05, 0) is 56.3 Å². The van der Waals surface area contributed by atoms with Gasteiger partial charge in [0.25, 0.3) is 11.5 Å². The zero-order chi connectivity index (χ0) is 25.7. The van der Waals surface area contributed by atoms with Crippen molar-refractivity contribution in [3.05, 3.63) is 81.7 Å². The van der Waals surface area contributed by atoms with E-state index in [0.717, 1.165) is 0 Å². The summed E-state index contributed by atoms with van der Waals surface area (Å²) in [5.74, 6) is -0.660. The van der Waals surface area contributed by atoms with Crippen LogP contribution in [0, 0.1) is 0 Å². The first-order valence-corrected chi connectivity index (χ1v) is 11.5. The van der Waals surface area contributed by atoms with Crippen LogP contribution in [0.15, 0.2) is 64.5 Å². The molecule has 0 unspecified atom stereocenters. The van der Waals surface area contributed by atoms with Crippen LogP contribution in [0.1, 0.15) is 34.6 Å². The predicted octanol–water partition coefficient (Wildman–Crippen LogP) is 2.61. The van der Waals surface area contributed by atoms with E-state index < -0.39 is 11.9 Å². The van der Waals surface area contributed by atoms with Gasteiger partial charge in [-0.1, -0.05) is 6.07 Å². The topological polar surface area (TPSA) is 113 Å². The molecular weight excluding hydrogens is 464 g/mol. The van der Waals surface area contributed by atoms with Crippen LogP contribution in [-0.2, 0) is 16.0 Å². The highest BCUT2D eigenvalue weighted by Gasteiger charge is 2.20. The van der Waals surface area contributed by atoms with Gasteiger partial charge < -0.3 is 18.8 Å². The van der Waals surface area contributed by atoms with E-state index in [0.29, 0.717) is 23.6 Å². The van der Waals surface area contributed by atoms with E-state index in [9.17, 15) is 14.4 Å². The van der Waals surface area contributed by atoms with Gasteiger partial charge in [0, 0.05) is 25.4 Å². The molecule has 36 heavy (non-hydrogen) atoms. The molecule has 0 bridgehead atoms. The van der Waals surface area contributed by atoms with Gasteiger partial charge in [-0.3, -0.25) is 14.0 Å². The van der Waals surface area contributed by atoms with Crippen molar-refractivity contribution in [2.45, 2.75) is 20.4 Å². The number of benzene rings is 1. The molecule has 186 valence electrons. The van der Waals surface area contributed by atoms with Crippen LogP contribution in [0.4, 0.5) is 0 Å². The molecule has 0 N–H and O–H groups in total. The van der Waals surface area contributed by atoms with Crippen LogP contribution in [0.25, 0.3) is 16.7 Å². The van der Waals surface area contributed by atoms with Crippen molar-refractivity contribution in [1.82, 2.24) is 14.0 Å². The molecule has 4 aromatic rings. The molecule has 0 spiro atoms. The van der Waals surface area contributed by atoms with Crippen molar-refractivity contribution >= 4 is 28.6 Å². The molecule has 0 atom stereocenters. The molecule has 3 heterocycles. The highest BCUT2D eigenvalue weighted by molar-refractivity contribution is 5.97. The molecule has 0 aliphatic rings. The van der Waals surface area contributed by atoms with Crippen LogP contribution in [0.5, 0.6) is 5.75 Å². The van der Waals surface area contributed by atoms with Crippen molar-refractivity contribution in [2.24, 2.45) is 4.99 Å². The number of esters is 1. The molecule has 0 radical (unpaired) electrons. The number of carbonyl (C=O) groups is 2. The number of carbonyl (C=O) groups excluding carboxylic acids is 2. The van der Waals surface area contributed by atoms with E-state index in [-0.39, 0.29) is 47.4 Å². The Morgan fingerprint density at radius 2 is 1.83 bits per heavy atom. The Hall–Kier alpha value is -4.31. The third-order valence-corrected chi connectivity index (χ3v) is 5.42. The first-order valence-electron chi connectivity index (χ1n) is 11.5. The fraction of sp³-hybridized carbons (Fsp3) is 0.269. The first-order chi connectivity index (χ1) is 17.5. The number of hydrogen-bond acceptors (Lipinski definition) is 7. The zero-order valence-electron chi connectivity index (χ0n) is 20.3. The van der Waals surface area contributed by atoms with Crippen LogP contribution in [0.2, 0.25) is 0 Å². The standard InChI is InChI=1S/C26H26N4O6/c1-4-35-18-11-9-17(10-12-18)24(31)28-23-20(26(33)36-5-2)16-19-22(30(23)14-15-34-3)27-21-8-6-7-13-29(21)25(19)32/h6-13,16H,4-5,14-15H2,1-3H3. The van der Waals surface area contributed by atoms with E-state index >= 15 is 0 Å². The molecule has 0 saturated heterocycles. The fourth-order valence-corrected chi connectivity index (χ4v) is 3.77. The summed E-state index contributed by atoms with van der Waals surface area (Å²) < 4.78 is 18.9. The normalized spacial score (nSPS) is 11.7. The van der Waals surface area contributed by atoms with Crippen LogP contribution in [-0.4, -0.2) is 52.8 Å². The number of fused-ring (bicyclic) bond motifs is 2. The Balaban J connectivity index is 2.02. The van der Waals surface area contributed by atoms with E-state index in [1.54, 1.807) is 60.2 Å². The van der Waals surface area contributed by atoms with Crippen LogP contribution < -0.4 is 15.8 Å². The second kappa shape index (κ2) is 11.0. The second-order valence-electron chi connectivity index (χ2n) is 7.70. The Labute approximate surface area is 206 Å². The highest BCUT2D eigenvalue weighted by atomic mass is 16.5. The minimum atomic E-state index is -0.707. The summed E-state index contributed by atoms with van der Waals surface area (Å²) in [6.45, 7) is 4.55. The lowest BCUT2D eigenvalue weighted by molar-refractivity contribution is 0.0523. The number of rotatable bonds is 8. The highest BCUT2D eigenvalue weighted by Crippen LogP contribution is 2.14. The maximum Gasteiger partial charge on any atom is 0.341 e. The molecule has 0 fully saturated rings. The lowest BCUT2D eigenvalue weighted by Crippen LogP contribution is -2.33. The maximum atomic E-state index is 13.3.